The van der Waals surface area contributed by atoms with Crippen LogP contribution in [0.3, 0.4) is 0 Å². The minimum atomic E-state index is -0.302. The minimum absolute atomic E-state index is 0.134. The van der Waals surface area contributed by atoms with E-state index in [1.807, 2.05) is 18.2 Å². The van der Waals surface area contributed by atoms with Gasteiger partial charge in [-0.15, -0.1) is 0 Å². The zero-order valence-corrected chi connectivity index (χ0v) is 21.4. The third kappa shape index (κ3) is 5.27. The molecule has 184 valence electrons. The molecule has 0 aromatic heterocycles. The molecule has 0 saturated carbocycles. The SMILES string of the molecule is OCC1(c2ccccc2)CCN(CCC(c2ccccc2)c2ccccc2)CC1c1ccc(Cl)cc1. The van der Waals surface area contributed by atoms with E-state index in [4.69, 9.17) is 11.6 Å². The molecule has 2 atom stereocenters. The van der Waals surface area contributed by atoms with E-state index in [9.17, 15) is 5.11 Å². The lowest BCUT2D eigenvalue weighted by atomic mass is 9.64. The summed E-state index contributed by atoms with van der Waals surface area (Å²) in [6.45, 7) is 3.02. The van der Waals surface area contributed by atoms with Gasteiger partial charge in [0.15, 0.2) is 0 Å². The highest BCUT2D eigenvalue weighted by Gasteiger charge is 2.44. The lowest BCUT2D eigenvalue weighted by molar-refractivity contribution is 0.0774. The predicted octanol–water partition coefficient (Wildman–Crippen LogP) is 7.28. The first-order valence-electron chi connectivity index (χ1n) is 12.9. The van der Waals surface area contributed by atoms with Gasteiger partial charge in [0, 0.05) is 28.8 Å². The summed E-state index contributed by atoms with van der Waals surface area (Å²) in [5.41, 5.74) is 4.89. The summed E-state index contributed by atoms with van der Waals surface area (Å²) in [5.74, 6) is 0.544. The van der Waals surface area contributed by atoms with E-state index in [0.717, 1.165) is 37.5 Å². The Morgan fingerprint density at radius 1 is 0.778 bits per heavy atom. The van der Waals surface area contributed by atoms with Crippen LogP contribution in [0, 0.1) is 0 Å². The fraction of sp³-hybridized carbons (Fsp3) is 0.273. The molecule has 0 spiro atoms. The van der Waals surface area contributed by atoms with Crippen LogP contribution in [-0.2, 0) is 5.41 Å². The highest BCUT2D eigenvalue weighted by molar-refractivity contribution is 6.30. The van der Waals surface area contributed by atoms with Gasteiger partial charge < -0.3 is 10.0 Å². The number of halogens is 1. The summed E-state index contributed by atoms with van der Waals surface area (Å²) in [7, 11) is 0. The van der Waals surface area contributed by atoms with Gasteiger partial charge in [0.25, 0.3) is 0 Å². The number of likely N-dealkylation sites (tertiary alicyclic amines) is 1. The van der Waals surface area contributed by atoms with E-state index in [0.29, 0.717) is 5.92 Å². The maximum absolute atomic E-state index is 10.8. The molecule has 5 rings (SSSR count). The summed E-state index contributed by atoms with van der Waals surface area (Å²) in [6, 6.07) is 40.5. The average Bonchev–Trinajstić information content (AvgIpc) is 2.95. The van der Waals surface area contributed by atoms with Crippen molar-refractivity contribution in [2.75, 3.05) is 26.2 Å². The van der Waals surface area contributed by atoms with Crippen molar-refractivity contribution in [3.63, 3.8) is 0 Å². The molecule has 4 aromatic rings. The number of aliphatic hydroxyl groups is 1. The van der Waals surface area contributed by atoms with E-state index in [2.05, 4.69) is 102 Å². The van der Waals surface area contributed by atoms with Crippen LogP contribution in [0.15, 0.2) is 115 Å². The molecule has 0 amide bonds. The predicted molar refractivity (Wildman–Crippen MR) is 150 cm³/mol. The van der Waals surface area contributed by atoms with Crippen molar-refractivity contribution in [1.29, 1.82) is 0 Å². The van der Waals surface area contributed by atoms with Gasteiger partial charge in [-0.05, 0) is 60.3 Å². The lowest BCUT2D eigenvalue weighted by Gasteiger charge is -2.48. The highest BCUT2D eigenvalue weighted by Crippen LogP contribution is 2.45. The van der Waals surface area contributed by atoms with Crippen LogP contribution in [0.1, 0.15) is 46.9 Å². The third-order valence-electron chi connectivity index (χ3n) is 8.02. The van der Waals surface area contributed by atoms with Gasteiger partial charge in [-0.1, -0.05) is 115 Å². The number of hydrogen-bond acceptors (Lipinski definition) is 2. The van der Waals surface area contributed by atoms with Crippen molar-refractivity contribution < 1.29 is 5.11 Å². The second-order valence-electron chi connectivity index (χ2n) is 10.00. The lowest BCUT2D eigenvalue weighted by Crippen LogP contribution is -2.51. The Bertz CT molecular complexity index is 1170. The van der Waals surface area contributed by atoms with Crippen molar-refractivity contribution in [3.05, 3.63) is 143 Å². The zero-order valence-electron chi connectivity index (χ0n) is 20.6. The Kier molecular flexibility index (Phi) is 7.87. The molecule has 0 radical (unpaired) electrons. The first-order valence-corrected chi connectivity index (χ1v) is 13.3. The van der Waals surface area contributed by atoms with Crippen LogP contribution >= 0.6 is 11.6 Å². The second kappa shape index (κ2) is 11.4. The Hall–Kier alpha value is -2.91. The van der Waals surface area contributed by atoms with Gasteiger partial charge in [-0.3, -0.25) is 0 Å². The number of benzene rings is 4. The van der Waals surface area contributed by atoms with Crippen LogP contribution in [0.25, 0.3) is 0 Å². The molecule has 2 nitrogen and oxygen atoms in total. The maximum atomic E-state index is 10.8. The number of piperidine rings is 1. The molecule has 1 fully saturated rings. The van der Waals surface area contributed by atoms with E-state index in [-0.39, 0.29) is 17.9 Å². The molecule has 3 heteroatoms. The normalized spacial score (nSPS) is 20.5. The molecule has 4 aromatic carbocycles. The maximum Gasteiger partial charge on any atom is 0.0534 e. The summed E-state index contributed by atoms with van der Waals surface area (Å²) in [6.07, 6.45) is 1.97. The van der Waals surface area contributed by atoms with Crippen molar-refractivity contribution >= 4 is 11.6 Å². The number of hydrogen-bond donors (Lipinski definition) is 1. The van der Waals surface area contributed by atoms with Crippen LogP contribution in [0.2, 0.25) is 5.02 Å². The molecule has 0 aliphatic carbocycles. The van der Waals surface area contributed by atoms with Gasteiger partial charge in [-0.25, -0.2) is 0 Å². The topological polar surface area (TPSA) is 23.5 Å². The van der Waals surface area contributed by atoms with E-state index in [1.165, 1.54) is 22.3 Å². The molecular formula is C33H34ClNO. The van der Waals surface area contributed by atoms with Gasteiger partial charge >= 0.3 is 0 Å². The zero-order chi connectivity index (χ0) is 24.8. The van der Waals surface area contributed by atoms with Crippen molar-refractivity contribution in [2.45, 2.75) is 30.1 Å². The molecule has 1 N–H and O–H groups in total. The molecule has 1 saturated heterocycles. The highest BCUT2D eigenvalue weighted by atomic mass is 35.5. The average molecular weight is 496 g/mol. The third-order valence-corrected chi connectivity index (χ3v) is 8.28. The number of nitrogens with zero attached hydrogens (tertiary/aromatic N) is 1. The standard InChI is InChI=1S/C33H34ClNO/c34-30-18-16-28(17-19-30)32-24-35(23-21-33(32,25-36)29-14-8-3-9-15-29)22-20-31(26-10-4-1-5-11-26)27-12-6-2-7-13-27/h1-19,31-32,36H,20-25H2. The summed E-state index contributed by atoms with van der Waals surface area (Å²) in [5, 5.41) is 11.6. The van der Waals surface area contributed by atoms with Gasteiger partial charge in [0.2, 0.25) is 0 Å². The smallest absolute Gasteiger partial charge is 0.0534 e. The van der Waals surface area contributed by atoms with Crippen LogP contribution in [0.4, 0.5) is 0 Å². The van der Waals surface area contributed by atoms with Crippen molar-refractivity contribution in [2.24, 2.45) is 0 Å². The Morgan fingerprint density at radius 3 is 1.89 bits per heavy atom. The quantitative estimate of drug-likeness (QED) is 0.277. The Balaban J connectivity index is 1.41. The molecule has 0 bridgehead atoms. The molecular weight excluding hydrogens is 462 g/mol. The summed E-state index contributed by atoms with van der Waals surface area (Å²) < 4.78 is 0. The number of rotatable bonds is 8. The Labute approximate surface area is 220 Å². The fourth-order valence-corrected chi connectivity index (χ4v) is 6.11. The molecule has 1 aliphatic rings. The van der Waals surface area contributed by atoms with E-state index < -0.39 is 0 Å². The first kappa shape index (κ1) is 24.8. The summed E-state index contributed by atoms with van der Waals surface area (Å²) in [4.78, 5) is 2.59. The second-order valence-corrected chi connectivity index (χ2v) is 10.4. The molecule has 1 heterocycles. The van der Waals surface area contributed by atoms with Gasteiger partial charge in [0.05, 0.1) is 6.61 Å². The van der Waals surface area contributed by atoms with Gasteiger partial charge in [-0.2, -0.15) is 0 Å². The van der Waals surface area contributed by atoms with Crippen LogP contribution in [-0.4, -0.2) is 36.2 Å². The first-order chi connectivity index (χ1) is 17.7. The largest absolute Gasteiger partial charge is 0.395 e. The monoisotopic (exact) mass is 495 g/mol. The molecule has 36 heavy (non-hydrogen) atoms. The molecule has 1 aliphatic heterocycles. The van der Waals surface area contributed by atoms with Crippen molar-refractivity contribution in [3.8, 4) is 0 Å². The van der Waals surface area contributed by atoms with E-state index >= 15 is 0 Å². The minimum Gasteiger partial charge on any atom is -0.395 e. The van der Waals surface area contributed by atoms with E-state index in [1.54, 1.807) is 0 Å². The summed E-state index contributed by atoms with van der Waals surface area (Å²) >= 11 is 6.24. The van der Waals surface area contributed by atoms with Crippen molar-refractivity contribution in [1.82, 2.24) is 4.90 Å². The van der Waals surface area contributed by atoms with Gasteiger partial charge in [0.1, 0.15) is 0 Å². The van der Waals surface area contributed by atoms with Crippen LogP contribution < -0.4 is 0 Å². The fourth-order valence-electron chi connectivity index (χ4n) is 5.98. The number of aliphatic hydroxyl groups excluding tert-OH is 1. The molecule has 2 unspecified atom stereocenters. The van der Waals surface area contributed by atoms with Crippen LogP contribution in [0.5, 0.6) is 0 Å². The Morgan fingerprint density at radius 2 is 1.33 bits per heavy atom.